The van der Waals surface area contributed by atoms with Crippen molar-refractivity contribution in [3.8, 4) is 0 Å². The molecule has 20 heavy (non-hydrogen) atoms. The molecule has 1 unspecified atom stereocenters. The molecule has 3 atom stereocenters. The summed E-state index contributed by atoms with van der Waals surface area (Å²) in [4.78, 5) is 11.7. The standard InChI is InChI=1S/C16H22N2O2/c19-16(20-11-12-4-2-1-3-5-12)18-10-15-13-6-7-14(15)9-17-8-13/h1-5,13-15,17H,6-11H2,(H,18,19)/t13-,14+,15?. The number of hydrogen-bond donors (Lipinski definition) is 2. The number of piperidine rings is 1. The van der Waals surface area contributed by atoms with Crippen LogP contribution in [0.4, 0.5) is 4.79 Å². The van der Waals surface area contributed by atoms with E-state index in [1.807, 2.05) is 30.3 Å². The van der Waals surface area contributed by atoms with E-state index < -0.39 is 0 Å². The maximum Gasteiger partial charge on any atom is 0.407 e. The van der Waals surface area contributed by atoms with Gasteiger partial charge in [-0.05, 0) is 49.2 Å². The summed E-state index contributed by atoms with van der Waals surface area (Å²) in [6.07, 6.45) is 2.29. The molecule has 1 saturated heterocycles. The summed E-state index contributed by atoms with van der Waals surface area (Å²) in [6.45, 7) is 3.29. The van der Waals surface area contributed by atoms with Gasteiger partial charge in [-0.15, -0.1) is 0 Å². The average molecular weight is 274 g/mol. The van der Waals surface area contributed by atoms with E-state index in [1.165, 1.54) is 12.8 Å². The second-order valence-electron chi connectivity index (χ2n) is 5.86. The predicted molar refractivity (Wildman–Crippen MR) is 77.2 cm³/mol. The zero-order valence-corrected chi connectivity index (χ0v) is 11.7. The van der Waals surface area contributed by atoms with Gasteiger partial charge in [-0.2, -0.15) is 0 Å². The smallest absolute Gasteiger partial charge is 0.407 e. The summed E-state index contributed by atoms with van der Waals surface area (Å²) in [5.41, 5.74) is 1.02. The van der Waals surface area contributed by atoms with Crippen LogP contribution in [0, 0.1) is 17.8 Å². The van der Waals surface area contributed by atoms with Gasteiger partial charge < -0.3 is 15.4 Å². The van der Waals surface area contributed by atoms with Crippen LogP contribution in [0.1, 0.15) is 18.4 Å². The first-order chi connectivity index (χ1) is 9.83. The van der Waals surface area contributed by atoms with Crippen LogP contribution in [-0.2, 0) is 11.3 Å². The molecule has 1 heterocycles. The summed E-state index contributed by atoms with van der Waals surface area (Å²) in [6, 6.07) is 9.77. The molecular formula is C16H22N2O2. The molecule has 0 aromatic heterocycles. The number of benzene rings is 1. The van der Waals surface area contributed by atoms with E-state index in [-0.39, 0.29) is 6.09 Å². The van der Waals surface area contributed by atoms with Crippen LogP contribution in [0.15, 0.2) is 30.3 Å². The van der Waals surface area contributed by atoms with Crippen LogP contribution in [0.25, 0.3) is 0 Å². The van der Waals surface area contributed by atoms with Gasteiger partial charge in [0.25, 0.3) is 0 Å². The number of carbonyl (C=O) groups excluding carboxylic acids is 1. The van der Waals surface area contributed by atoms with Gasteiger partial charge in [-0.25, -0.2) is 4.79 Å². The summed E-state index contributed by atoms with van der Waals surface area (Å²) >= 11 is 0. The fourth-order valence-corrected chi connectivity index (χ4v) is 3.51. The van der Waals surface area contributed by atoms with E-state index in [0.717, 1.165) is 37.0 Å². The van der Waals surface area contributed by atoms with Gasteiger partial charge in [-0.1, -0.05) is 30.3 Å². The minimum atomic E-state index is -0.299. The van der Waals surface area contributed by atoms with Gasteiger partial charge in [0, 0.05) is 6.54 Å². The molecular weight excluding hydrogens is 252 g/mol. The summed E-state index contributed by atoms with van der Waals surface area (Å²) in [7, 11) is 0. The first-order valence-corrected chi connectivity index (χ1v) is 7.48. The van der Waals surface area contributed by atoms with Crippen molar-refractivity contribution < 1.29 is 9.53 Å². The molecule has 2 aliphatic rings. The van der Waals surface area contributed by atoms with Gasteiger partial charge in [0.05, 0.1) is 0 Å². The lowest BCUT2D eigenvalue weighted by Gasteiger charge is -2.30. The van der Waals surface area contributed by atoms with Gasteiger partial charge in [-0.3, -0.25) is 0 Å². The predicted octanol–water partition coefficient (Wildman–Crippen LogP) is 2.16. The normalized spacial score (nSPS) is 28.1. The largest absolute Gasteiger partial charge is 0.445 e. The molecule has 2 bridgehead atoms. The molecule has 108 valence electrons. The van der Waals surface area contributed by atoms with Crippen molar-refractivity contribution in [2.45, 2.75) is 19.4 Å². The van der Waals surface area contributed by atoms with Gasteiger partial charge >= 0.3 is 6.09 Å². The molecule has 3 rings (SSSR count). The second-order valence-corrected chi connectivity index (χ2v) is 5.86. The fraction of sp³-hybridized carbons (Fsp3) is 0.562. The Bertz CT molecular complexity index is 433. The van der Waals surface area contributed by atoms with E-state index >= 15 is 0 Å². The van der Waals surface area contributed by atoms with Crippen LogP contribution in [0.2, 0.25) is 0 Å². The zero-order valence-electron chi connectivity index (χ0n) is 11.7. The highest BCUT2D eigenvalue weighted by molar-refractivity contribution is 5.67. The molecule has 1 amide bonds. The van der Waals surface area contributed by atoms with E-state index in [4.69, 9.17) is 4.74 Å². The van der Waals surface area contributed by atoms with Crippen molar-refractivity contribution in [1.29, 1.82) is 0 Å². The van der Waals surface area contributed by atoms with Crippen LogP contribution < -0.4 is 10.6 Å². The van der Waals surface area contributed by atoms with Crippen molar-refractivity contribution in [3.05, 3.63) is 35.9 Å². The van der Waals surface area contributed by atoms with Crippen LogP contribution >= 0.6 is 0 Å². The topological polar surface area (TPSA) is 50.4 Å². The Hall–Kier alpha value is -1.55. The minimum absolute atomic E-state index is 0.299. The fourth-order valence-electron chi connectivity index (χ4n) is 3.51. The third-order valence-electron chi connectivity index (χ3n) is 4.63. The molecule has 4 nitrogen and oxygen atoms in total. The van der Waals surface area contributed by atoms with Crippen LogP contribution in [0.5, 0.6) is 0 Å². The maximum absolute atomic E-state index is 11.7. The molecule has 2 fully saturated rings. The Morgan fingerprint density at radius 1 is 1.20 bits per heavy atom. The number of alkyl carbamates (subject to hydrolysis) is 1. The Kier molecular flexibility index (Phi) is 4.21. The van der Waals surface area contributed by atoms with Crippen LogP contribution in [-0.4, -0.2) is 25.7 Å². The van der Waals surface area contributed by atoms with Crippen LogP contribution in [0.3, 0.4) is 0 Å². The van der Waals surface area contributed by atoms with Crippen molar-refractivity contribution in [2.24, 2.45) is 17.8 Å². The average Bonchev–Trinajstić information content (AvgIpc) is 2.71. The third kappa shape index (κ3) is 3.12. The molecule has 4 heteroatoms. The van der Waals surface area contributed by atoms with Crippen molar-refractivity contribution >= 4 is 6.09 Å². The third-order valence-corrected chi connectivity index (χ3v) is 4.63. The number of fused-ring (bicyclic) bond motifs is 2. The first kappa shape index (κ1) is 13.4. The second kappa shape index (κ2) is 6.27. The molecule has 1 aliphatic carbocycles. The lowest BCUT2D eigenvalue weighted by molar-refractivity contribution is 0.133. The SMILES string of the molecule is O=C(NCC1[C@@H]2CC[C@H]1CNC2)OCc1ccccc1. The molecule has 1 aromatic carbocycles. The summed E-state index contributed by atoms with van der Waals surface area (Å²) in [5.74, 6) is 2.08. The molecule has 1 saturated carbocycles. The van der Waals surface area contributed by atoms with Crippen molar-refractivity contribution in [2.75, 3.05) is 19.6 Å². The number of nitrogens with one attached hydrogen (secondary N) is 2. The van der Waals surface area contributed by atoms with E-state index in [1.54, 1.807) is 0 Å². The zero-order chi connectivity index (χ0) is 13.8. The number of ether oxygens (including phenoxy) is 1. The van der Waals surface area contributed by atoms with Gasteiger partial charge in [0.2, 0.25) is 0 Å². The van der Waals surface area contributed by atoms with Gasteiger partial charge in [0.1, 0.15) is 6.61 Å². The maximum atomic E-state index is 11.7. The lowest BCUT2D eigenvalue weighted by atomic mass is 9.86. The molecule has 1 aliphatic heterocycles. The lowest BCUT2D eigenvalue weighted by Crippen LogP contribution is -2.43. The molecule has 0 radical (unpaired) electrons. The van der Waals surface area contributed by atoms with Crippen molar-refractivity contribution in [1.82, 2.24) is 10.6 Å². The highest BCUT2D eigenvalue weighted by Crippen LogP contribution is 2.38. The quantitative estimate of drug-likeness (QED) is 0.884. The Balaban J connectivity index is 1.41. The highest BCUT2D eigenvalue weighted by Gasteiger charge is 2.38. The number of hydrogen-bond acceptors (Lipinski definition) is 3. The molecule has 2 N–H and O–H groups in total. The molecule has 1 aromatic rings. The van der Waals surface area contributed by atoms with E-state index in [0.29, 0.717) is 12.5 Å². The van der Waals surface area contributed by atoms with E-state index in [2.05, 4.69) is 10.6 Å². The number of rotatable bonds is 4. The highest BCUT2D eigenvalue weighted by atomic mass is 16.5. The van der Waals surface area contributed by atoms with E-state index in [9.17, 15) is 4.79 Å². The monoisotopic (exact) mass is 274 g/mol. The summed E-state index contributed by atoms with van der Waals surface area (Å²) < 4.78 is 5.24. The Labute approximate surface area is 119 Å². The summed E-state index contributed by atoms with van der Waals surface area (Å²) in [5, 5.41) is 6.40. The Morgan fingerprint density at radius 2 is 1.90 bits per heavy atom. The number of amides is 1. The van der Waals surface area contributed by atoms with Crippen molar-refractivity contribution in [3.63, 3.8) is 0 Å². The Morgan fingerprint density at radius 3 is 2.60 bits per heavy atom. The first-order valence-electron chi connectivity index (χ1n) is 7.48. The number of carbonyl (C=O) groups is 1. The van der Waals surface area contributed by atoms with Gasteiger partial charge in [0.15, 0.2) is 0 Å². The minimum Gasteiger partial charge on any atom is -0.445 e. The molecule has 0 spiro atoms.